The third kappa shape index (κ3) is 2.73. The molecule has 4 nitrogen and oxygen atoms in total. The number of amides is 2. The Bertz CT molecular complexity index is 785. The molecule has 0 saturated carbocycles. The van der Waals surface area contributed by atoms with E-state index in [9.17, 15) is 4.79 Å². The van der Waals surface area contributed by atoms with Crippen LogP contribution in [0.1, 0.15) is 29.5 Å². The van der Waals surface area contributed by atoms with Crippen LogP contribution in [-0.2, 0) is 12.8 Å². The number of carbonyl (C=O) groups excluding carboxylic acids is 1. The molecular weight excluding hydrogens is 300 g/mol. The zero-order valence-electron chi connectivity index (χ0n) is 14.0. The monoisotopic (exact) mass is 322 g/mol. The second-order valence-electron chi connectivity index (χ2n) is 6.55. The number of rotatable bonds is 1. The highest BCUT2D eigenvalue weighted by atomic mass is 16.5. The Balaban J connectivity index is 1.61. The Labute approximate surface area is 142 Å². The number of nitrogens with zero attached hydrogens (tertiary/aromatic N) is 1. The number of nitrogens with one attached hydrogen (secondary N) is 1. The van der Waals surface area contributed by atoms with Crippen LogP contribution < -0.4 is 15.0 Å². The van der Waals surface area contributed by atoms with E-state index in [2.05, 4.69) is 11.4 Å². The van der Waals surface area contributed by atoms with Crippen molar-refractivity contribution in [2.24, 2.45) is 0 Å². The van der Waals surface area contributed by atoms with Gasteiger partial charge in [0.1, 0.15) is 12.4 Å². The lowest BCUT2D eigenvalue weighted by Gasteiger charge is -2.30. The van der Waals surface area contributed by atoms with Crippen molar-refractivity contribution in [3.05, 3.63) is 53.1 Å². The topological polar surface area (TPSA) is 41.6 Å². The van der Waals surface area contributed by atoms with Gasteiger partial charge in [0.15, 0.2) is 0 Å². The molecule has 0 bridgehead atoms. The largest absolute Gasteiger partial charge is 0.490 e. The second kappa shape index (κ2) is 6.19. The van der Waals surface area contributed by atoms with Crippen LogP contribution in [0, 0.1) is 6.92 Å². The van der Waals surface area contributed by atoms with Crippen molar-refractivity contribution in [1.82, 2.24) is 0 Å². The summed E-state index contributed by atoms with van der Waals surface area (Å²) in [6.45, 7) is 3.12. The van der Waals surface area contributed by atoms with Gasteiger partial charge < -0.3 is 10.1 Å². The van der Waals surface area contributed by atoms with Gasteiger partial charge in [0, 0.05) is 5.69 Å². The van der Waals surface area contributed by atoms with Crippen LogP contribution >= 0.6 is 0 Å². The highest BCUT2D eigenvalue weighted by Crippen LogP contribution is 2.33. The number of fused-ring (bicyclic) bond motifs is 2. The van der Waals surface area contributed by atoms with Crippen molar-refractivity contribution in [3.8, 4) is 5.75 Å². The molecule has 0 aromatic heterocycles. The van der Waals surface area contributed by atoms with Crippen LogP contribution in [0.2, 0.25) is 0 Å². The summed E-state index contributed by atoms with van der Waals surface area (Å²) in [6, 6.07) is 12.1. The quantitative estimate of drug-likeness (QED) is 0.850. The molecule has 0 unspecified atom stereocenters. The summed E-state index contributed by atoms with van der Waals surface area (Å²) in [5.74, 6) is 0.775. The van der Waals surface area contributed by atoms with Crippen LogP contribution in [0.25, 0.3) is 0 Å². The van der Waals surface area contributed by atoms with E-state index >= 15 is 0 Å². The number of carbonyl (C=O) groups is 1. The standard InChI is InChI=1S/C20H22N2O2/c1-14-9-10-19-18(13-14)22(11-12-24-19)20(23)21-17-8-4-6-15-5-2-3-7-16(15)17/h4,6,8-10,13H,2-3,5,7,11-12H2,1H3,(H,21,23). The zero-order chi connectivity index (χ0) is 16.5. The highest BCUT2D eigenvalue weighted by molar-refractivity contribution is 6.03. The molecule has 0 atom stereocenters. The summed E-state index contributed by atoms with van der Waals surface area (Å²) >= 11 is 0. The van der Waals surface area contributed by atoms with Gasteiger partial charge in [0.25, 0.3) is 0 Å². The maximum Gasteiger partial charge on any atom is 0.326 e. The Morgan fingerprint density at radius 3 is 2.96 bits per heavy atom. The Hall–Kier alpha value is -2.49. The minimum absolute atomic E-state index is 0.0795. The highest BCUT2D eigenvalue weighted by Gasteiger charge is 2.25. The number of ether oxygens (including phenoxy) is 1. The second-order valence-corrected chi connectivity index (χ2v) is 6.55. The molecule has 4 heteroatoms. The summed E-state index contributed by atoms with van der Waals surface area (Å²) in [6.07, 6.45) is 4.59. The van der Waals surface area contributed by atoms with Gasteiger partial charge in [-0.2, -0.15) is 0 Å². The van der Waals surface area contributed by atoms with Crippen LogP contribution in [0.3, 0.4) is 0 Å². The fourth-order valence-electron chi connectivity index (χ4n) is 3.62. The molecule has 0 saturated heterocycles. The maximum absolute atomic E-state index is 12.9. The van der Waals surface area contributed by atoms with Gasteiger partial charge >= 0.3 is 6.03 Å². The molecular formula is C20H22N2O2. The van der Waals surface area contributed by atoms with Gasteiger partial charge in [-0.05, 0) is 67.5 Å². The summed E-state index contributed by atoms with van der Waals surface area (Å²) in [7, 11) is 0. The maximum atomic E-state index is 12.9. The van der Waals surface area contributed by atoms with Gasteiger partial charge in [0.2, 0.25) is 0 Å². The third-order valence-electron chi connectivity index (χ3n) is 4.86. The van der Waals surface area contributed by atoms with E-state index in [1.54, 1.807) is 4.90 Å². The summed E-state index contributed by atoms with van der Waals surface area (Å²) in [4.78, 5) is 14.7. The first-order chi connectivity index (χ1) is 11.7. The summed E-state index contributed by atoms with van der Waals surface area (Å²) in [5.41, 5.74) is 5.60. The molecule has 1 aliphatic heterocycles. The number of aryl methyl sites for hydroxylation is 2. The Morgan fingerprint density at radius 1 is 1.17 bits per heavy atom. The Kier molecular flexibility index (Phi) is 3.89. The smallest absolute Gasteiger partial charge is 0.326 e. The normalized spacial score (nSPS) is 16.0. The molecule has 0 radical (unpaired) electrons. The zero-order valence-corrected chi connectivity index (χ0v) is 14.0. The van der Waals surface area contributed by atoms with Crippen molar-refractivity contribution < 1.29 is 9.53 Å². The minimum Gasteiger partial charge on any atom is -0.490 e. The van der Waals surface area contributed by atoms with Crippen LogP contribution in [0.5, 0.6) is 5.75 Å². The van der Waals surface area contributed by atoms with E-state index in [-0.39, 0.29) is 6.03 Å². The number of anilines is 2. The first-order valence-electron chi connectivity index (χ1n) is 8.65. The van der Waals surface area contributed by atoms with Crippen LogP contribution in [0.15, 0.2) is 36.4 Å². The van der Waals surface area contributed by atoms with Gasteiger partial charge in [-0.1, -0.05) is 18.2 Å². The summed E-state index contributed by atoms with van der Waals surface area (Å²) < 4.78 is 5.68. The van der Waals surface area contributed by atoms with E-state index in [0.29, 0.717) is 13.2 Å². The first kappa shape index (κ1) is 15.1. The minimum atomic E-state index is -0.0795. The molecule has 2 aromatic carbocycles. The van der Waals surface area contributed by atoms with Gasteiger partial charge in [-0.25, -0.2) is 4.79 Å². The average molecular weight is 322 g/mol. The number of hydrogen-bond donors (Lipinski definition) is 1. The predicted octanol–water partition coefficient (Wildman–Crippen LogP) is 4.30. The van der Waals surface area contributed by atoms with E-state index in [4.69, 9.17) is 4.74 Å². The van der Waals surface area contributed by atoms with Crippen LogP contribution in [0.4, 0.5) is 16.2 Å². The van der Waals surface area contributed by atoms with Gasteiger partial charge in [-0.3, -0.25) is 4.90 Å². The van der Waals surface area contributed by atoms with Crippen molar-refractivity contribution in [2.75, 3.05) is 23.4 Å². The molecule has 1 heterocycles. The van der Waals surface area contributed by atoms with Crippen molar-refractivity contribution in [3.63, 3.8) is 0 Å². The lowest BCUT2D eigenvalue weighted by molar-refractivity contribution is 0.250. The molecule has 0 fully saturated rings. The SMILES string of the molecule is Cc1ccc2c(c1)N(C(=O)Nc1cccc3c1CCCC3)CCO2. The van der Waals surface area contributed by atoms with E-state index < -0.39 is 0 Å². The molecule has 124 valence electrons. The average Bonchev–Trinajstić information content (AvgIpc) is 2.61. The van der Waals surface area contributed by atoms with E-state index in [1.807, 2.05) is 37.3 Å². The molecule has 4 rings (SSSR count). The fourth-order valence-corrected chi connectivity index (χ4v) is 3.62. The third-order valence-corrected chi connectivity index (χ3v) is 4.86. The Morgan fingerprint density at radius 2 is 2.04 bits per heavy atom. The van der Waals surface area contributed by atoms with Gasteiger partial charge in [-0.15, -0.1) is 0 Å². The molecule has 0 spiro atoms. The molecule has 2 aromatic rings. The van der Waals surface area contributed by atoms with Crippen LogP contribution in [-0.4, -0.2) is 19.2 Å². The first-order valence-corrected chi connectivity index (χ1v) is 8.65. The van der Waals surface area contributed by atoms with Crippen molar-refractivity contribution in [2.45, 2.75) is 32.6 Å². The van der Waals surface area contributed by atoms with E-state index in [1.165, 1.54) is 24.0 Å². The molecule has 24 heavy (non-hydrogen) atoms. The lowest BCUT2D eigenvalue weighted by atomic mass is 9.90. The summed E-state index contributed by atoms with van der Waals surface area (Å²) in [5, 5.41) is 3.13. The van der Waals surface area contributed by atoms with Gasteiger partial charge in [0.05, 0.1) is 12.2 Å². The fraction of sp³-hybridized carbons (Fsp3) is 0.350. The number of urea groups is 1. The van der Waals surface area contributed by atoms with Crippen molar-refractivity contribution >= 4 is 17.4 Å². The molecule has 2 amide bonds. The number of hydrogen-bond acceptors (Lipinski definition) is 2. The van der Waals surface area contributed by atoms with Crippen molar-refractivity contribution in [1.29, 1.82) is 0 Å². The van der Waals surface area contributed by atoms with E-state index in [0.717, 1.165) is 35.5 Å². The number of benzene rings is 2. The molecule has 1 N–H and O–H groups in total. The molecule has 2 aliphatic rings. The lowest BCUT2D eigenvalue weighted by Crippen LogP contribution is -2.41. The predicted molar refractivity (Wildman–Crippen MR) is 96.1 cm³/mol. The molecule has 1 aliphatic carbocycles.